The summed E-state index contributed by atoms with van der Waals surface area (Å²) >= 11 is 5.88. The first kappa shape index (κ1) is 27.6. The van der Waals surface area contributed by atoms with E-state index < -0.39 is 23.6 Å². The maximum atomic E-state index is 13.5. The van der Waals surface area contributed by atoms with Gasteiger partial charge in [0.2, 0.25) is 0 Å². The quantitative estimate of drug-likeness (QED) is 0.214. The minimum Gasteiger partial charge on any atom is -0.320 e. The second-order valence-electron chi connectivity index (χ2n) is 9.42. The highest BCUT2D eigenvalue weighted by atomic mass is 35.5. The molecular formula is C28H23ClF4N6O. The Morgan fingerprint density at radius 3 is 2.35 bits per heavy atom. The van der Waals surface area contributed by atoms with Gasteiger partial charge in [-0.15, -0.1) is 0 Å². The average Bonchev–Trinajstić information content (AvgIpc) is 2.94. The summed E-state index contributed by atoms with van der Waals surface area (Å²) in [4.78, 5) is 30.8. The van der Waals surface area contributed by atoms with Gasteiger partial charge in [-0.1, -0.05) is 35.9 Å². The van der Waals surface area contributed by atoms with E-state index in [2.05, 4.69) is 30.2 Å². The fourth-order valence-corrected chi connectivity index (χ4v) is 4.81. The van der Waals surface area contributed by atoms with Crippen molar-refractivity contribution in [1.82, 2.24) is 24.8 Å². The van der Waals surface area contributed by atoms with Crippen molar-refractivity contribution < 1.29 is 22.4 Å². The van der Waals surface area contributed by atoms with E-state index in [0.29, 0.717) is 38.3 Å². The maximum Gasteiger partial charge on any atom is 0.433 e. The van der Waals surface area contributed by atoms with Crippen LogP contribution in [-0.2, 0) is 12.7 Å². The number of anilines is 1. The topological polar surface area (TPSA) is 83.9 Å². The van der Waals surface area contributed by atoms with Crippen LogP contribution in [0.2, 0.25) is 5.15 Å². The van der Waals surface area contributed by atoms with Crippen LogP contribution in [0, 0.1) is 5.82 Å². The smallest absolute Gasteiger partial charge is 0.320 e. The molecule has 1 aromatic carbocycles. The summed E-state index contributed by atoms with van der Waals surface area (Å²) in [5.74, 6) is -0.860. The highest BCUT2D eigenvalue weighted by Gasteiger charge is 2.34. The first-order valence-electron chi connectivity index (χ1n) is 12.5. The van der Waals surface area contributed by atoms with Gasteiger partial charge in [-0.25, -0.2) is 24.3 Å². The van der Waals surface area contributed by atoms with Gasteiger partial charge < -0.3 is 5.32 Å². The molecule has 206 valence electrons. The Morgan fingerprint density at radius 2 is 1.70 bits per heavy atom. The molecule has 0 saturated carbocycles. The third kappa shape index (κ3) is 6.60. The first-order valence-corrected chi connectivity index (χ1v) is 12.8. The Labute approximate surface area is 232 Å². The molecule has 1 N–H and O–H groups in total. The normalized spacial score (nSPS) is 14.7. The Kier molecular flexibility index (Phi) is 8.04. The summed E-state index contributed by atoms with van der Waals surface area (Å²) in [7, 11) is 0. The molecule has 1 amide bonds. The predicted molar refractivity (Wildman–Crippen MR) is 141 cm³/mol. The number of likely N-dealkylation sites (tertiary alicyclic amines) is 1. The lowest BCUT2D eigenvalue weighted by Gasteiger charge is -2.32. The van der Waals surface area contributed by atoms with Gasteiger partial charge in [-0.05, 0) is 55.8 Å². The lowest BCUT2D eigenvalue weighted by molar-refractivity contribution is -0.141. The number of nitrogens with zero attached hydrogens (tertiary/aromatic N) is 5. The van der Waals surface area contributed by atoms with Crippen LogP contribution in [0.1, 0.15) is 46.1 Å². The molecule has 0 bridgehead atoms. The van der Waals surface area contributed by atoms with Crippen molar-refractivity contribution in [3.8, 4) is 11.4 Å². The number of aromatic nitrogens is 4. The second kappa shape index (κ2) is 11.6. The molecular weight excluding hydrogens is 548 g/mol. The highest BCUT2D eigenvalue weighted by Crippen LogP contribution is 2.36. The average molecular weight is 571 g/mol. The molecule has 0 radical (unpaired) electrons. The number of pyridine rings is 2. The predicted octanol–water partition coefficient (Wildman–Crippen LogP) is 6.38. The van der Waals surface area contributed by atoms with Crippen LogP contribution >= 0.6 is 11.6 Å². The third-order valence-corrected chi connectivity index (χ3v) is 6.87. The zero-order chi connectivity index (χ0) is 28.3. The van der Waals surface area contributed by atoms with Crippen LogP contribution in [0.25, 0.3) is 11.4 Å². The van der Waals surface area contributed by atoms with Crippen LogP contribution in [0.5, 0.6) is 0 Å². The zero-order valence-corrected chi connectivity index (χ0v) is 21.8. The third-order valence-electron chi connectivity index (χ3n) is 6.67. The largest absolute Gasteiger partial charge is 0.433 e. The molecule has 0 atom stereocenters. The summed E-state index contributed by atoms with van der Waals surface area (Å²) in [6.45, 7) is 1.93. The number of halogens is 5. The molecule has 1 fully saturated rings. The molecule has 4 heterocycles. The molecule has 40 heavy (non-hydrogen) atoms. The molecule has 4 aromatic rings. The fourth-order valence-electron chi connectivity index (χ4n) is 4.63. The van der Waals surface area contributed by atoms with Gasteiger partial charge in [0.1, 0.15) is 10.8 Å². The Balaban J connectivity index is 1.27. The van der Waals surface area contributed by atoms with E-state index in [1.165, 1.54) is 24.4 Å². The highest BCUT2D eigenvalue weighted by molar-refractivity contribution is 6.29. The lowest BCUT2D eigenvalue weighted by Crippen LogP contribution is -2.33. The number of piperidine rings is 1. The van der Waals surface area contributed by atoms with Gasteiger partial charge in [-0.2, -0.15) is 13.2 Å². The van der Waals surface area contributed by atoms with Gasteiger partial charge in [0.15, 0.2) is 11.6 Å². The number of alkyl halides is 3. The van der Waals surface area contributed by atoms with E-state index in [9.17, 15) is 22.4 Å². The van der Waals surface area contributed by atoms with Crippen LogP contribution in [0.15, 0.2) is 67.1 Å². The number of rotatable bonds is 6. The van der Waals surface area contributed by atoms with Crippen molar-refractivity contribution >= 4 is 23.2 Å². The van der Waals surface area contributed by atoms with Gasteiger partial charge in [0, 0.05) is 29.8 Å². The Bertz CT molecular complexity index is 1490. The van der Waals surface area contributed by atoms with Gasteiger partial charge in [0.05, 0.1) is 23.8 Å². The number of benzene rings is 1. The van der Waals surface area contributed by atoms with Crippen LogP contribution < -0.4 is 5.32 Å². The number of nitrogens with one attached hydrogen (secondary N) is 1. The number of carbonyl (C=O) groups excluding carboxylic acids is 1. The molecule has 5 rings (SSSR count). The summed E-state index contributed by atoms with van der Waals surface area (Å²) in [5, 5.41) is 2.83. The van der Waals surface area contributed by atoms with Crippen molar-refractivity contribution in [2.75, 3.05) is 18.4 Å². The van der Waals surface area contributed by atoms with Crippen molar-refractivity contribution in [3.63, 3.8) is 0 Å². The van der Waals surface area contributed by atoms with Gasteiger partial charge >= 0.3 is 6.18 Å². The van der Waals surface area contributed by atoms with Crippen molar-refractivity contribution in [1.29, 1.82) is 0 Å². The van der Waals surface area contributed by atoms with E-state index in [-0.39, 0.29) is 28.0 Å². The summed E-state index contributed by atoms with van der Waals surface area (Å²) in [6.07, 6.45) is 0.140. The van der Waals surface area contributed by atoms with E-state index >= 15 is 0 Å². The Morgan fingerprint density at radius 1 is 1.00 bits per heavy atom. The molecule has 1 saturated heterocycles. The van der Waals surface area contributed by atoms with Crippen LogP contribution in [0.4, 0.5) is 23.2 Å². The zero-order valence-electron chi connectivity index (χ0n) is 21.0. The minimum absolute atomic E-state index is 0.129. The molecule has 3 aromatic heterocycles. The van der Waals surface area contributed by atoms with Gasteiger partial charge in [0.25, 0.3) is 5.91 Å². The van der Waals surface area contributed by atoms with Crippen molar-refractivity contribution in [2.45, 2.75) is 31.5 Å². The molecule has 1 aliphatic rings. The van der Waals surface area contributed by atoms with E-state index in [4.69, 9.17) is 11.6 Å². The molecule has 7 nitrogen and oxygen atoms in total. The van der Waals surface area contributed by atoms with E-state index in [1.54, 1.807) is 0 Å². The van der Waals surface area contributed by atoms with Crippen molar-refractivity contribution in [3.05, 3.63) is 101 Å². The number of amides is 1. The molecule has 0 spiro atoms. The lowest BCUT2D eigenvalue weighted by atomic mass is 9.91. The summed E-state index contributed by atoms with van der Waals surface area (Å²) in [6, 6.07) is 12.6. The van der Waals surface area contributed by atoms with Crippen LogP contribution in [-0.4, -0.2) is 43.8 Å². The molecule has 0 aliphatic carbocycles. The summed E-state index contributed by atoms with van der Waals surface area (Å²) in [5.41, 5.74) is 1.50. The van der Waals surface area contributed by atoms with E-state index in [0.717, 1.165) is 29.6 Å². The Hall–Kier alpha value is -3.96. The first-order chi connectivity index (χ1) is 19.2. The molecule has 1 aliphatic heterocycles. The number of hydrogen-bond donors (Lipinski definition) is 1. The molecule has 12 heteroatoms. The monoisotopic (exact) mass is 570 g/mol. The van der Waals surface area contributed by atoms with Crippen LogP contribution in [0.3, 0.4) is 0 Å². The second-order valence-corrected chi connectivity index (χ2v) is 9.81. The SMILES string of the molecule is O=C(Nc1ccc(C(F)(F)F)nc1C1CCN(Cc2ccc(-c3ncc(F)cn3)cc2)CC1)c1ccnc(Cl)c1. The van der Waals surface area contributed by atoms with Gasteiger partial charge in [-0.3, -0.25) is 9.69 Å². The summed E-state index contributed by atoms with van der Waals surface area (Å²) < 4.78 is 53.6. The fraction of sp³-hybridized carbons (Fsp3) is 0.250. The molecule has 0 unspecified atom stereocenters. The maximum absolute atomic E-state index is 13.5. The van der Waals surface area contributed by atoms with E-state index in [1.807, 2.05) is 24.3 Å². The minimum atomic E-state index is -4.61. The number of carbonyl (C=O) groups is 1. The van der Waals surface area contributed by atoms with Crippen molar-refractivity contribution in [2.24, 2.45) is 0 Å². The number of hydrogen-bond acceptors (Lipinski definition) is 6. The standard InChI is InChI=1S/C28H23ClF4N6O/c29-24-13-20(7-10-34-24)27(40)37-22-5-6-23(28(31,32)33)38-25(22)18-8-11-39(12-9-18)16-17-1-3-19(4-2-17)26-35-14-21(30)15-36-26/h1-7,10,13-15,18H,8-9,11-12,16H2,(H,37,40).